The molecule has 0 aliphatic carbocycles. The van der Waals surface area contributed by atoms with Gasteiger partial charge in [0.05, 0.1) is 5.69 Å². The molecule has 13 aromatic carbocycles. The van der Waals surface area contributed by atoms with E-state index >= 15 is 0 Å². The lowest BCUT2D eigenvalue weighted by atomic mass is 9.77. The van der Waals surface area contributed by atoms with E-state index in [0.717, 1.165) is 17.1 Å². The highest BCUT2D eigenvalue weighted by Gasteiger charge is 2.41. The first kappa shape index (κ1) is 46.2. The zero-order chi connectivity index (χ0) is 50.7. The van der Waals surface area contributed by atoms with Gasteiger partial charge in [0.15, 0.2) is 8.07 Å². The van der Waals surface area contributed by atoms with Crippen LogP contribution in [0.15, 0.2) is 322 Å². The summed E-state index contributed by atoms with van der Waals surface area (Å²) in [4.78, 5) is 2.44. The molecule has 0 saturated carbocycles. The first-order chi connectivity index (χ1) is 37.8. The average Bonchev–Trinajstić information content (AvgIpc) is 3.52. The van der Waals surface area contributed by atoms with Crippen LogP contribution in [0.25, 0.3) is 77.2 Å². The quantitative estimate of drug-likeness (QED) is 0.0871. The van der Waals surface area contributed by atoms with E-state index in [1.807, 2.05) is 0 Å². The third kappa shape index (κ3) is 8.13. The summed E-state index contributed by atoms with van der Waals surface area (Å²) >= 11 is 0. The number of anilines is 3. The van der Waals surface area contributed by atoms with Crippen LogP contribution < -0.4 is 25.6 Å². The molecule has 13 rings (SSSR count). The lowest BCUT2D eigenvalue weighted by Gasteiger charge is -2.35. The number of hydrogen-bond donors (Lipinski definition) is 0. The molecule has 0 fully saturated rings. The highest BCUT2D eigenvalue weighted by Crippen LogP contribution is 2.54. The lowest BCUT2D eigenvalue weighted by molar-refractivity contribution is 1.30. The topological polar surface area (TPSA) is 3.24 Å². The Hall–Kier alpha value is -9.60. The van der Waals surface area contributed by atoms with E-state index in [0.29, 0.717) is 0 Å². The van der Waals surface area contributed by atoms with Gasteiger partial charge >= 0.3 is 0 Å². The van der Waals surface area contributed by atoms with E-state index in [-0.39, 0.29) is 0 Å². The van der Waals surface area contributed by atoms with Gasteiger partial charge in [-0.05, 0) is 123 Å². The molecule has 0 aliphatic heterocycles. The Labute approximate surface area is 447 Å². The van der Waals surface area contributed by atoms with Crippen molar-refractivity contribution in [2.75, 3.05) is 4.90 Å². The Kier molecular flexibility index (Phi) is 12.4. The number of rotatable bonds is 12. The number of hydrogen-bond acceptors (Lipinski definition) is 1. The van der Waals surface area contributed by atoms with Gasteiger partial charge in [0.1, 0.15) is 0 Å². The minimum Gasteiger partial charge on any atom is -0.310 e. The number of nitrogens with zero attached hydrogens (tertiary/aromatic N) is 1. The van der Waals surface area contributed by atoms with Crippen LogP contribution in [-0.2, 0) is 0 Å². The number of fused-ring (bicyclic) bond motifs is 2. The Morgan fingerprint density at radius 2 is 0.566 bits per heavy atom. The fraction of sp³-hybridized carbons (Fsp3) is 0. The molecule has 0 aromatic heterocycles. The van der Waals surface area contributed by atoms with Crippen molar-refractivity contribution in [2.45, 2.75) is 0 Å². The van der Waals surface area contributed by atoms with Crippen LogP contribution in [0.4, 0.5) is 17.1 Å². The third-order valence-electron chi connectivity index (χ3n) is 15.2. The molecule has 0 amide bonds. The van der Waals surface area contributed by atoms with Gasteiger partial charge in [-0.2, -0.15) is 0 Å². The molecule has 0 atom stereocenters. The van der Waals surface area contributed by atoms with Gasteiger partial charge in [-0.1, -0.05) is 291 Å². The molecule has 0 spiro atoms. The maximum absolute atomic E-state index is 2.75. The van der Waals surface area contributed by atoms with E-state index in [2.05, 4.69) is 326 Å². The Bertz CT molecular complexity index is 4000. The van der Waals surface area contributed by atoms with Gasteiger partial charge in [-0.3, -0.25) is 0 Å². The smallest absolute Gasteiger partial charge is 0.179 e. The van der Waals surface area contributed by atoms with Gasteiger partial charge in [0.25, 0.3) is 0 Å². The normalized spacial score (nSPS) is 11.4. The average molecular weight is 984 g/mol. The molecule has 2 heteroatoms. The highest BCUT2D eigenvalue weighted by atomic mass is 28.3. The van der Waals surface area contributed by atoms with Crippen molar-refractivity contribution in [3.8, 4) is 55.6 Å². The third-order valence-corrected chi connectivity index (χ3v) is 20.0. The molecule has 0 heterocycles. The molecule has 1 nitrogen and oxygen atoms in total. The zero-order valence-electron chi connectivity index (χ0n) is 42.0. The predicted octanol–water partition coefficient (Wildman–Crippen LogP) is 17.2. The molecular formula is C74H53NSi. The number of benzene rings is 13. The minimum absolute atomic E-state index is 1.09. The van der Waals surface area contributed by atoms with Crippen molar-refractivity contribution >= 4 is 67.4 Å². The standard InChI is InChI=1S/C74H53NSi/c1-9-28-54(29-10-1)70-68-47-27-46-67(74(68)73(57-34-15-4-16-35-57)72(56-32-13-3-14-33-56)71(70)55-30-11-2-12-31-55)65-52-53-69(66-45-26-25-44-64(65)66)75(58-36-17-5-18-37-58)59-48-50-63(51-49-59)76(60-38-19-6-20-39-60,61-40-21-7-22-41-61)62-42-23-8-24-43-62/h1-53H. The summed E-state index contributed by atoms with van der Waals surface area (Å²) in [5.74, 6) is 0. The minimum atomic E-state index is -2.75. The Morgan fingerprint density at radius 3 is 1.05 bits per heavy atom. The van der Waals surface area contributed by atoms with E-state index in [1.54, 1.807) is 0 Å². The van der Waals surface area contributed by atoms with Crippen molar-refractivity contribution in [3.63, 3.8) is 0 Å². The Balaban J connectivity index is 1.06. The molecule has 0 unspecified atom stereocenters. The maximum Gasteiger partial charge on any atom is 0.179 e. The van der Waals surface area contributed by atoms with Gasteiger partial charge in [0, 0.05) is 16.8 Å². The summed E-state index contributed by atoms with van der Waals surface area (Å²) in [6.45, 7) is 0. The van der Waals surface area contributed by atoms with Gasteiger partial charge < -0.3 is 4.90 Å². The van der Waals surface area contributed by atoms with Crippen LogP contribution in [0.1, 0.15) is 0 Å². The largest absolute Gasteiger partial charge is 0.310 e. The second kappa shape index (κ2) is 20.4. The zero-order valence-corrected chi connectivity index (χ0v) is 43.0. The van der Waals surface area contributed by atoms with E-state index in [4.69, 9.17) is 0 Å². The van der Waals surface area contributed by atoms with Crippen LogP contribution >= 0.6 is 0 Å². The molecule has 358 valence electrons. The van der Waals surface area contributed by atoms with Crippen molar-refractivity contribution in [1.29, 1.82) is 0 Å². The summed E-state index contributed by atoms with van der Waals surface area (Å²) in [6.07, 6.45) is 0. The monoisotopic (exact) mass is 983 g/mol. The summed E-state index contributed by atoms with van der Waals surface area (Å²) in [7, 11) is -2.75. The molecule has 0 radical (unpaired) electrons. The van der Waals surface area contributed by atoms with E-state index < -0.39 is 8.07 Å². The first-order valence-electron chi connectivity index (χ1n) is 26.3. The summed E-state index contributed by atoms with van der Waals surface area (Å²) < 4.78 is 0. The first-order valence-corrected chi connectivity index (χ1v) is 28.3. The van der Waals surface area contributed by atoms with E-state index in [9.17, 15) is 0 Å². The fourth-order valence-electron chi connectivity index (χ4n) is 12.0. The molecule has 0 N–H and O–H groups in total. The van der Waals surface area contributed by atoms with Crippen molar-refractivity contribution < 1.29 is 0 Å². The fourth-order valence-corrected chi connectivity index (χ4v) is 16.7. The Morgan fingerprint density at radius 1 is 0.211 bits per heavy atom. The van der Waals surface area contributed by atoms with Gasteiger partial charge in [-0.25, -0.2) is 0 Å². The van der Waals surface area contributed by atoms with Crippen molar-refractivity contribution in [1.82, 2.24) is 0 Å². The summed E-state index contributed by atoms with van der Waals surface area (Å²) in [5, 5.41) is 10.2. The van der Waals surface area contributed by atoms with Crippen molar-refractivity contribution in [2.24, 2.45) is 0 Å². The molecule has 76 heavy (non-hydrogen) atoms. The van der Waals surface area contributed by atoms with Crippen LogP contribution in [-0.4, -0.2) is 8.07 Å². The van der Waals surface area contributed by atoms with E-state index in [1.165, 1.54) is 97.9 Å². The highest BCUT2D eigenvalue weighted by molar-refractivity contribution is 7.19. The number of para-hydroxylation sites is 1. The molecule has 0 saturated heterocycles. The molecule has 13 aromatic rings. The maximum atomic E-state index is 2.44. The lowest BCUT2D eigenvalue weighted by Crippen LogP contribution is -2.74. The second-order valence-electron chi connectivity index (χ2n) is 19.4. The van der Waals surface area contributed by atoms with Crippen molar-refractivity contribution in [3.05, 3.63) is 322 Å². The predicted molar refractivity (Wildman–Crippen MR) is 327 cm³/mol. The summed E-state index contributed by atoms with van der Waals surface area (Å²) in [5.41, 5.74) is 15.3. The molecule has 0 bridgehead atoms. The SMILES string of the molecule is c1ccc(-c2c(-c3ccccc3)c(-c3ccccc3)c3c(-c4ccc(N(c5ccccc5)c5ccc([Si](c6ccccc6)(c6ccccc6)c6ccccc6)cc5)c5ccccc45)cccc3c2-c2ccccc2)cc1. The van der Waals surface area contributed by atoms with Crippen LogP contribution in [0.2, 0.25) is 0 Å². The van der Waals surface area contributed by atoms with Crippen LogP contribution in [0.3, 0.4) is 0 Å². The summed E-state index contributed by atoms with van der Waals surface area (Å²) in [6, 6.07) is 119. The molecule has 0 aliphatic rings. The van der Waals surface area contributed by atoms with Gasteiger partial charge in [-0.15, -0.1) is 0 Å². The van der Waals surface area contributed by atoms with Crippen LogP contribution in [0.5, 0.6) is 0 Å². The molecular weight excluding hydrogens is 931 g/mol. The van der Waals surface area contributed by atoms with Crippen LogP contribution in [0, 0.1) is 0 Å². The van der Waals surface area contributed by atoms with Gasteiger partial charge in [0.2, 0.25) is 0 Å². The second-order valence-corrected chi connectivity index (χ2v) is 23.2.